The van der Waals surface area contributed by atoms with E-state index in [4.69, 9.17) is 5.73 Å². The third-order valence-corrected chi connectivity index (χ3v) is 3.53. The van der Waals surface area contributed by atoms with Crippen molar-refractivity contribution in [2.24, 2.45) is 0 Å². The van der Waals surface area contributed by atoms with Crippen molar-refractivity contribution in [3.8, 4) is 0 Å². The number of carbonyl (C=O) groups excluding carboxylic acids is 2. The number of anilines is 2. The van der Waals surface area contributed by atoms with Crippen LogP contribution < -0.4 is 16.4 Å². The van der Waals surface area contributed by atoms with Crippen molar-refractivity contribution < 1.29 is 9.59 Å². The second kappa shape index (κ2) is 8.79. The Morgan fingerprint density at radius 1 is 1.12 bits per heavy atom. The largest absolute Gasteiger partial charge is 0.397 e. The molecule has 0 spiro atoms. The van der Waals surface area contributed by atoms with Crippen LogP contribution in [0.25, 0.3) is 0 Å². The Morgan fingerprint density at radius 2 is 1.88 bits per heavy atom. The molecule has 7 heteroatoms. The van der Waals surface area contributed by atoms with Crippen LogP contribution in [0.2, 0.25) is 0 Å². The van der Waals surface area contributed by atoms with Crippen molar-refractivity contribution >= 4 is 23.2 Å². The molecule has 1 aromatic heterocycles. The van der Waals surface area contributed by atoms with Crippen LogP contribution in [-0.4, -0.2) is 48.9 Å². The van der Waals surface area contributed by atoms with Gasteiger partial charge in [0.1, 0.15) is 5.69 Å². The van der Waals surface area contributed by atoms with Crippen molar-refractivity contribution in [3.05, 3.63) is 53.9 Å². The highest BCUT2D eigenvalue weighted by atomic mass is 16.2. The lowest BCUT2D eigenvalue weighted by Crippen LogP contribution is -2.27. The maximum absolute atomic E-state index is 12.2. The number of nitrogen functional groups attached to an aromatic ring is 1. The summed E-state index contributed by atoms with van der Waals surface area (Å²) in [4.78, 5) is 30.3. The lowest BCUT2D eigenvalue weighted by molar-refractivity contribution is 0.0949. The first-order valence-corrected chi connectivity index (χ1v) is 8.02. The molecular formula is C18H23N5O2. The van der Waals surface area contributed by atoms with E-state index in [2.05, 4.69) is 20.5 Å². The van der Waals surface area contributed by atoms with E-state index in [1.807, 2.05) is 14.1 Å². The van der Waals surface area contributed by atoms with Crippen LogP contribution >= 0.6 is 0 Å². The number of benzene rings is 1. The van der Waals surface area contributed by atoms with E-state index in [9.17, 15) is 9.59 Å². The number of rotatable bonds is 7. The molecule has 0 unspecified atom stereocenters. The Bertz CT molecular complexity index is 729. The van der Waals surface area contributed by atoms with Crippen molar-refractivity contribution in [2.45, 2.75) is 6.42 Å². The minimum absolute atomic E-state index is 0.203. The van der Waals surface area contributed by atoms with Gasteiger partial charge in [-0.05, 0) is 51.3 Å². The normalized spacial score (nSPS) is 10.5. The number of nitrogens with zero attached hydrogens (tertiary/aromatic N) is 2. The number of amides is 2. The summed E-state index contributed by atoms with van der Waals surface area (Å²) >= 11 is 0. The first-order valence-electron chi connectivity index (χ1n) is 8.02. The molecule has 1 heterocycles. The van der Waals surface area contributed by atoms with Crippen LogP contribution in [0.3, 0.4) is 0 Å². The van der Waals surface area contributed by atoms with Crippen LogP contribution in [0.5, 0.6) is 0 Å². The summed E-state index contributed by atoms with van der Waals surface area (Å²) in [6, 6.07) is 10.1. The van der Waals surface area contributed by atoms with Crippen molar-refractivity contribution in [1.29, 1.82) is 0 Å². The van der Waals surface area contributed by atoms with Crippen LogP contribution in [0.4, 0.5) is 11.4 Å². The lowest BCUT2D eigenvalue weighted by atomic mass is 10.2. The van der Waals surface area contributed by atoms with Crippen molar-refractivity contribution in [3.63, 3.8) is 0 Å². The highest BCUT2D eigenvalue weighted by Crippen LogP contribution is 2.17. The zero-order valence-electron chi connectivity index (χ0n) is 14.5. The van der Waals surface area contributed by atoms with Crippen molar-refractivity contribution in [2.75, 3.05) is 38.2 Å². The van der Waals surface area contributed by atoms with E-state index in [-0.39, 0.29) is 17.5 Å². The molecule has 0 aliphatic heterocycles. The minimum Gasteiger partial charge on any atom is -0.397 e. The monoisotopic (exact) mass is 341 g/mol. The minimum atomic E-state index is -0.379. The fraction of sp³-hybridized carbons (Fsp3) is 0.278. The van der Waals surface area contributed by atoms with Gasteiger partial charge in [0.05, 0.1) is 16.9 Å². The quantitative estimate of drug-likeness (QED) is 0.525. The molecule has 0 aliphatic carbocycles. The first-order chi connectivity index (χ1) is 12.0. The van der Waals surface area contributed by atoms with Gasteiger partial charge < -0.3 is 21.3 Å². The molecule has 2 aromatic rings. The smallest absolute Gasteiger partial charge is 0.274 e. The Kier molecular flexibility index (Phi) is 6.47. The second-order valence-electron chi connectivity index (χ2n) is 5.89. The fourth-order valence-electron chi connectivity index (χ4n) is 2.16. The van der Waals surface area contributed by atoms with E-state index in [0.29, 0.717) is 23.5 Å². The summed E-state index contributed by atoms with van der Waals surface area (Å²) in [5, 5.41) is 5.52. The summed E-state index contributed by atoms with van der Waals surface area (Å²) in [6.07, 6.45) is 2.26. The van der Waals surface area contributed by atoms with Gasteiger partial charge in [-0.25, -0.2) is 0 Å². The average molecular weight is 341 g/mol. The average Bonchev–Trinajstić information content (AvgIpc) is 2.60. The Hall–Kier alpha value is -2.93. The number of hydrogen-bond donors (Lipinski definition) is 3. The zero-order chi connectivity index (χ0) is 18.2. The molecule has 0 radical (unpaired) electrons. The predicted octanol–water partition coefficient (Wildman–Crippen LogP) is 1.60. The number of carbonyl (C=O) groups is 2. The number of pyridine rings is 1. The summed E-state index contributed by atoms with van der Waals surface area (Å²) in [7, 11) is 3.97. The molecule has 25 heavy (non-hydrogen) atoms. The van der Waals surface area contributed by atoms with Gasteiger partial charge in [0, 0.05) is 12.7 Å². The second-order valence-corrected chi connectivity index (χ2v) is 5.89. The van der Waals surface area contributed by atoms with Gasteiger partial charge in [0.15, 0.2) is 0 Å². The van der Waals surface area contributed by atoms with Gasteiger partial charge in [-0.3, -0.25) is 14.6 Å². The molecule has 2 amide bonds. The highest BCUT2D eigenvalue weighted by Gasteiger charge is 2.11. The number of aromatic nitrogens is 1. The maximum atomic E-state index is 12.2. The van der Waals surface area contributed by atoms with Crippen LogP contribution in [-0.2, 0) is 0 Å². The van der Waals surface area contributed by atoms with Gasteiger partial charge in [-0.1, -0.05) is 12.1 Å². The Balaban J connectivity index is 1.91. The maximum Gasteiger partial charge on any atom is 0.274 e. The zero-order valence-corrected chi connectivity index (χ0v) is 14.5. The molecular weight excluding hydrogens is 318 g/mol. The third kappa shape index (κ3) is 5.58. The summed E-state index contributed by atoms with van der Waals surface area (Å²) in [5.41, 5.74) is 7.43. The standard InChI is InChI=1S/C18H23N5O2/c1-23(2)11-5-10-20-17(24)13-8-9-16(21-12-13)18(25)22-15-7-4-3-6-14(15)19/h3-4,6-9,12H,5,10-11,19H2,1-2H3,(H,20,24)(H,22,25). The van der Waals surface area contributed by atoms with E-state index in [1.54, 1.807) is 30.3 Å². The molecule has 0 saturated carbocycles. The first kappa shape index (κ1) is 18.4. The molecule has 2 rings (SSSR count). The molecule has 4 N–H and O–H groups in total. The Morgan fingerprint density at radius 3 is 2.52 bits per heavy atom. The molecule has 0 fully saturated rings. The van der Waals surface area contributed by atoms with Crippen LogP contribution in [0, 0.1) is 0 Å². The van der Waals surface area contributed by atoms with E-state index < -0.39 is 0 Å². The fourth-order valence-corrected chi connectivity index (χ4v) is 2.16. The molecule has 132 valence electrons. The van der Waals surface area contributed by atoms with Crippen LogP contribution in [0.1, 0.15) is 27.3 Å². The lowest BCUT2D eigenvalue weighted by Gasteiger charge is -2.10. The van der Waals surface area contributed by atoms with Gasteiger partial charge >= 0.3 is 0 Å². The SMILES string of the molecule is CN(C)CCCNC(=O)c1ccc(C(=O)Nc2ccccc2N)nc1. The molecule has 0 atom stereocenters. The van der Waals surface area contributed by atoms with Gasteiger partial charge in [0.25, 0.3) is 11.8 Å². The topological polar surface area (TPSA) is 100 Å². The number of nitrogens with two attached hydrogens (primary N) is 1. The van der Waals surface area contributed by atoms with Crippen LogP contribution in [0.15, 0.2) is 42.6 Å². The number of nitrogens with one attached hydrogen (secondary N) is 2. The summed E-state index contributed by atoms with van der Waals surface area (Å²) in [5.74, 6) is -0.582. The highest BCUT2D eigenvalue weighted by molar-refractivity contribution is 6.04. The van der Waals surface area contributed by atoms with Crippen molar-refractivity contribution in [1.82, 2.24) is 15.2 Å². The third-order valence-electron chi connectivity index (χ3n) is 3.53. The van der Waals surface area contributed by atoms with E-state index >= 15 is 0 Å². The van der Waals surface area contributed by atoms with Gasteiger partial charge in [0.2, 0.25) is 0 Å². The molecule has 7 nitrogen and oxygen atoms in total. The summed E-state index contributed by atoms with van der Waals surface area (Å²) in [6.45, 7) is 1.49. The van der Waals surface area contributed by atoms with E-state index in [0.717, 1.165) is 13.0 Å². The van der Waals surface area contributed by atoms with Gasteiger partial charge in [-0.15, -0.1) is 0 Å². The summed E-state index contributed by atoms with van der Waals surface area (Å²) < 4.78 is 0. The molecule has 0 aliphatic rings. The molecule has 0 bridgehead atoms. The van der Waals surface area contributed by atoms with E-state index in [1.165, 1.54) is 12.3 Å². The predicted molar refractivity (Wildman–Crippen MR) is 98.5 cm³/mol. The number of para-hydroxylation sites is 2. The Labute approximate surface area is 147 Å². The van der Waals surface area contributed by atoms with Gasteiger partial charge in [-0.2, -0.15) is 0 Å². The molecule has 0 saturated heterocycles. The number of hydrogen-bond acceptors (Lipinski definition) is 5. The molecule has 1 aromatic carbocycles.